The second-order valence-corrected chi connectivity index (χ2v) is 8.65. The Morgan fingerprint density at radius 1 is 1.03 bits per heavy atom. The Bertz CT molecular complexity index is 1060. The van der Waals surface area contributed by atoms with Gasteiger partial charge in [-0.25, -0.2) is 4.68 Å². The van der Waals surface area contributed by atoms with E-state index in [-0.39, 0.29) is 23.8 Å². The number of aromatic nitrogens is 2. The van der Waals surface area contributed by atoms with E-state index < -0.39 is 0 Å². The summed E-state index contributed by atoms with van der Waals surface area (Å²) < 4.78 is 1.75. The van der Waals surface area contributed by atoms with E-state index >= 15 is 0 Å². The van der Waals surface area contributed by atoms with Crippen LogP contribution in [-0.4, -0.2) is 39.6 Å². The molecule has 0 bridgehead atoms. The van der Waals surface area contributed by atoms with Gasteiger partial charge in [0.1, 0.15) is 12.4 Å². The van der Waals surface area contributed by atoms with E-state index in [1.807, 2.05) is 62.4 Å². The highest BCUT2D eigenvalue weighted by Gasteiger charge is 2.23. The number of rotatable bonds is 6. The Hall–Kier alpha value is -3.41. The molecule has 0 aliphatic heterocycles. The van der Waals surface area contributed by atoms with Crippen LogP contribution in [0.5, 0.6) is 0 Å². The van der Waals surface area contributed by atoms with Crippen molar-refractivity contribution in [1.29, 1.82) is 0 Å². The molecule has 0 saturated carbocycles. The van der Waals surface area contributed by atoms with Crippen molar-refractivity contribution in [2.24, 2.45) is 0 Å². The Labute approximate surface area is 183 Å². The molecule has 6 nitrogen and oxygen atoms in total. The van der Waals surface area contributed by atoms with E-state index in [1.54, 1.807) is 16.8 Å². The van der Waals surface area contributed by atoms with Crippen molar-refractivity contribution in [3.8, 4) is 5.69 Å². The minimum absolute atomic E-state index is 0.0337. The number of hydrogen-bond acceptors (Lipinski definition) is 3. The van der Waals surface area contributed by atoms with E-state index in [2.05, 4.69) is 26.1 Å². The largest absolute Gasteiger partial charge is 0.330 e. The van der Waals surface area contributed by atoms with E-state index in [9.17, 15) is 9.59 Å². The molecule has 2 aromatic carbocycles. The van der Waals surface area contributed by atoms with Crippen molar-refractivity contribution in [2.75, 3.05) is 18.4 Å². The molecular weight excluding hydrogens is 388 g/mol. The lowest BCUT2D eigenvalue weighted by Gasteiger charge is -2.20. The first-order valence-electron chi connectivity index (χ1n) is 10.5. The fraction of sp³-hybridized carbons (Fsp3) is 0.320. The number of nitrogens with zero attached hydrogens (tertiary/aromatic N) is 3. The van der Waals surface area contributed by atoms with Gasteiger partial charge >= 0.3 is 0 Å². The number of carbonyl (C=O) groups excluding carboxylic acids is 2. The van der Waals surface area contributed by atoms with Crippen LogP contribution in [0.2, 0.25) is 0 Å². The van der Waals surface area contributed by atoms with Crippen LogP contribution >= 0.6 is 0 Å². The molecule has 0 aliphatic rings. The van der Waals surface area contributed by atoms with Gasteiger partial charge in [-0.2, -0.15) is 5.10 Å². The molecule has 2 amide bonds. The predicted molar refractivity (Wildman–Crippen MR) is 124 cm³/mol. The first-order chi connectivity index (χ1) is 14.7. The van der Waals surface area contributed by atoms with Gasteiger partial charge in [-0.1, -0.05) is 51.1 Å². The summed E-state index contributed by atoms with van der Waals surface area (Å²) >= 11 is 0. The SMILES string of the molecule is CCN(CC(=O)Nc1cc(C(C)(C)C)nn1-c1cccc(C)c1)C(=O)c1ccccc1. The minimum Gasteiger partial charge on any atom is -0.330 e. The van der Waals surface area contributed by atoms with Crippen molar-refractivity contribution in [3.63, 3.8) is 0 Å². The highest BCUT2D eigenvalue weighted by molar-refractivity contribution is 5.99. The van der Waals surface area contributed by atoms with Gasteiger partial charge < -0.3 is 10.2 Å². The van der Waals surface area contributed by atoms with Gasteiger partial charge in [0.15, 0.2) is 0 Å². The second kappa shape index (κ2) is 9.16. The van der Waals surface area contributed by atoms with Gasteiger partial charge in [0.25, 0.3) is 5.91 Å². The minimum atomic E-state index is -0.264. The summed E-state index contributed by atoms with van der Waals surface area (Å²) in [7, 11) is 0. The molecule has 3 aromatic rings. The predicted octanol–water partition coefficient (Wildman–Crippen LogP) is 4.58. The average Bonchev–Trinajstić information content (AvgIpc) is 3.16. The first kappa shape index (κ1) is 22.3. The van der Waals surface area contributed by atoms with Crippen molar-refractivity contribution in [2.45, 2.75) is 40.0 Å². The monoisotopic (exact) mass is 418 g/mol. The van der Waals surface area contributed by atoms with Crippen LogP contribution in [0.4, 0.5) is 5.82 Å². The number of aryl methyl sites for hydroxylation is 1. The molecule has 1 heterocycles. The van der Waals surface area contributed by atoms with Crippen molar-refractivity contribution in [3.05, 3.63) is 77.5 Å². The fourth-order valence-corrected chi connectivity index (χ4v) is 3.24. The van der Waals surface area contributed by atoms with Crippen molar-refractivity contribution < 1.29 is 9.59 Å². The quantitative estimate of drug-likeness (QED) is 0.637. The Morgan fingerprint density at radius 2 is 1.74 bits per heavy atom. The molecule has 6 heteroatoms. The third kappa shape index (κ3) is 5.40. The molecule has 0 fully saturated rings. The second-order valence-electron chi connectivity index (χ2n) is 8.65. The lowest BCUT2D eigenvalue weighted by molar-refractivity contribution is -0.116. The zero-order valence-electron chi connectivity index (χ0n) is 18.8. The van der Waals surface area contributed by atoms with E-state index in [4.69, 9.17) is 5.10 Å². The highest BCUT2D eigenvalue weighted by Crippen LogP contribution is 2.26. The van der Waals surface area contributed by atoms with Crippen LogP contribution in [0.1, 0.15) is 49.3 Å². The topological polar surface area (TPSA) is 67.2 Å². The van der Waals surface area contributed by atoms with Gasteiger partial charge in [-0.15, -0.1) is 0 Å². The van der Waals surface area contributed by atoms with E-state index in [1.165, 1.54) is 4.90 Å². The highest BCUT2D eigenvalue weighted by atomic mass is 16.2. The number of anilines is 1. The lowest BCUT2D eigenvalue weighted by atomic mass is 9.92. The summed E-state index contributed by atoms with van der Waals surface area (Å²) in [5, 5.41) is 7.71. The molecule has 0 saturated heterocycles. The molecular formula is C25H30N4O2. The van der Waals surface area contributed by atoms with Crippen LogP contribution in [-0.2, 0) is 10.2 Å². The third-order valence-corrected chi connectivity index (χ3v) is 5.02. The molecule has 0 unspecified atom stereocenters. The summed E-state index contributed by atoms with van der Waals surface area (Å²) in [6, 6.07) is 18.9. The van der Waals surface area contributed by atoms with Crippen LogP contribution in [0.15, 0.2) is 60.7 Å². The number of hydrogen-bond donors (Lipinski definition) is 1. The average molecular weight is 419 g/mol. The Kier molecular flexibility index (Phi) is 6.59. The molecule has 0 radical (unpaired) electrons. The number of benzene rings is 2. The summed E-state index contributed by atoms with van der Waals surface area (Å²) in [5.41, 5.74) is 3.24. The number of amides is 2. The van der Waals surface area contributed by atoms with Gasteiger partial charge in [-0.3, -0.25) is 9.59 Å². The van der Waals surface area contributed by atoms with Gasteiger partial charge in [0.05, 0.1) is 11.4 Å². The maximum Gasteiger partial charge on any atom is 0.254 e. The summed E-state index contributed by atoms with van der Waals surface area (Å²) in [6.45, 7) is 10.5. The smallest absolute Gasteiger partial charge is 0.254 e. The fourth-order valence-electron chi connectivity index (χ4n) is 3.24. The number of likely N-dealkylation sites (N-methyl/N-ethyl adjacent to an activating group) is 1. The number of carbonyl (C=O) groups is 2. The molecule has 0 aliphatic carbocycles. The standard InChI is InChI=1S/C25H30N4O2/c1-6-28(24(31)19-12-8-7-9-13-19)17-23(30)26-22-16-21(25(3,4)5)27-29(22)20-14-10-11-18(2)15-20/h7-16H,6,17H2,1-5H3,(H,26,30). The maximum atomic E-state index is 12.9. The lowest BCUT2D eigenvalue weighted by Crippen LogP contribution is -2.38. The van der Waals surface area contributed by atoms with Crippen LogP contribution < -0.4 is 5.32 Å². The summed E-state index contributed by atoms with van der Waals surface area (Å²) in [5.74, 6) is 0.157. The Morgan fingerprint density at radius 3 is 2.35 bits per heavy atom. The van der Waals surface area contributed by atoms with E-state index in [0.29, 0.717) is 17.9 Å². The summed E-state index contributed by atoms with van der Waals surface area (Å²) in [4.78, 5) is 27.2. The third-order valence-electron chi connectivity index (χ3n) is 5.02. The zero-order valence-corrected chi connectivity index (χ0v) is 18.8. The van der Waals surface area contributed by atoms with Crippen LogP contribution in [0, 0.1) is 6.92 Å². The van der Waals surface area contributed by atoms with Gasteiger partial charge in [0.2, 0.25) is 5.91 Å². The molecule has 3 rings (SSSR count). The van der Waals surface area contributed by atoms with Crippen molar-refractivity contribution in [1.82, 2.24) is 14.7 Å². The number of nitrogens with one attached hydrogen (secondary N) is 1. The molecule has 162 valence electrons. The van der Waals surface area contributed by atoms with Crippen molar-refractivity contribution >= 4 is 17.6 Å². The maximum absolute atomic E-state index is 12.9. The normalized spacial score (nSPS) is 11.3. The molecule has 1 aromatic heterocycles. The van der Waals surface area contributed by atoms with Gasteiger partial charge in [0, 0.05) is 23.6 Å². The van der Waals surface area contributed by atoms with E-state index in [0.717, 1.165) is 16.9 Å². The summed E-state index contributed by atoms with van der Waals surface area (Å²) in [6.07, 6.45) is 0. The first-order valence-corrected chi connectivity index (χ1v) is 10.5. The Balaban J connectivity index is 1.84. The molecule has 0 spiro atoms. The molecule has 31 heavy (non-hydrogen) atoms. The molecule has 0 atom stereocenters. The van der Waals surface area contributed by atoms with Gasteiger partial charge in [-0.05, 0) is 43.7 Å². The van der Waals surface area contributed by atoms with Crippen LogP contribution in [0.25, 0.3) is 5.69 Å². The van der Waals surface area contributed by atoms with Crippen LogP contribution in [0.3, 0.4) is 0 Å². The molecule has 1 N–H and O–H groups in total. The zero-order chi connectivity index (χ0) is 22.6.